The molecule has 23 heavy (non-hydrogen) atoms. The second kappa shape index (κ2) is 5.47. The van der Waals surface area contributed by atoms with Gasteiger partial charge in [0.05, 0.1) is 16.3 Å². The number of benzene rings is 1. The Morgan fingerprint density at radius 1 is 1.43 bits per heavy atom. The van der Waals surface area contributed by atoms with E-state index in [0.717, 1.165) is 17.8 Å². The first-order valence-electron chi connectivity index (χ1n) is 7.16. The summed E-state index contributed by atoms with van der Waals surface area (Å²) in [7, 11) is 1.92. The van der Waals surface area contributed by atoms with E-state index < -0.39 is 10.9 Å². The molecule has 1 aliphatic heterocycles. The Morgan fingerprint density at radius 2 is 2.17 bits per heavy atom. The number of non-ortho nitro benzene ring substituents is 1. The highest BCUT2D eigenvalue weighted by atomic mass is 16.6. The van der Waals surface area contributed by atoms with Crippen LogP contribution < -0.4 is 0 Å². The van der Waals surface area contributed by atoms with Gasteiger partial charge >= 0.3 is 5.97 Å². The largest absolute Gasteiger partial charge is 0.476 e. The molecule has 3 rings (SSSR count). The molecule has 0 saturated heterocycles. The summed E-state index contributed by atoms with van der Waals surface area (Å²) in [6.07, 6.45) is 0.647. The number of nitro groups is 1. The number of aromatic nitrogens is 2. The third-order valence-electron chi connectivity index (χ3n) is 4.08. The van der Waals surface area contributed by atoms with Crippen LogP contribution in [0.15, 0.2) is 18.2 Å². The number of hydrogen-bond acceptors (Lipinski definition) is 5. The van der Waals surface area contributed by atoms with Crippen molar-refractivity contribution in [3.63, 3.8) is 0 Å². The molecule has 2 heterocycles. The van der Waals surface area contributed by atoms with Crippen LogP contribution in [-0.4, -0.2) is 44.3 Å². The lowest BCUT2D eigenvalue weighted by Crippen LogP contribution is -2.28. The summed E-state index contributed by atoms with van der Waals surface area (Å²) in [6, 6.07) is 4.52. The van der Waals surface area contributed by atoms with Crippen molar-refractivity contribution in [2.45, 2.75) is 19.9 Å². The molecular weight excluding hydrogens is 300 g/mol. The lowest BCUT2D eigenvalue weighted by atomic mass is 10.1. The summed E-state index contributed by atoms with van der Waals surface area (Å²) >= 11 is 0. The zero-order valence-electron chi connectivity index (χ0n) is 12.8. The van der Waals surface area contributed by atoms with Gasteiger partial charge in [-0.05, 0) is 19.5 Å². The molecule has 1 aliphatic rings. The zero-order chi connectivity index (χ0) is 16.7. The van der Waals surface area contributed by atoms with Crippen LogP contribution in [0.5, 0.6) is 0 Å². The fourth-order valence-electron chi connectivity index (χ4n) is 2.86. The Bertz CT molecular complexity index is 812. The van der Waals surface area contributed by atoms with E-state index in [1.165, 1.54) is 12.1 Å². The summed E-state index contributed by atoms with van der Waals surface area (Å²) in [5, 5.41) is 24.6. The number of aryl methyl sites for hydroxylation is 1. The maximum atomic E-state index is 11.5. The minimum absolute atomic E-state index is 0.0115. The van der Waals surface area contributed by atoms with Gasteiger partial charge in [-0.3, -0.25) is 10.1 Å². The third-order valence-corrected chi connectivity index (χ3v) is 4.08. The second-order valence-electron chi connectivity index (χ2n) is 5.71. The van der Waals surface area contributed by atoms with Crippen molar-refractivity contribution in [3.8, 4) is 5.69 Å². The van der Waals surface area contributed by atoms with E-state index in [2.05, 4.69) is 5.10 Å². The zero-order valence-corrected chi connectivity index (χ0v) is 12.8. The van der Waals surface area contributed by atoms with Crippen LogP contribution >= 0.6 is 0 Å². The number of carboxylic acids is 1. The molecule has 0 saturated carbocycles. The van der Waals surface area contributed by atoms with E-state index in [-0.39, 0.29) is 11.4 Å². The van der Waals surface area contributed by atoms with E-state index in [1.807, 2.05) is 18.9 Å². The number of nitro benzene ring substituents is 1. The number of hydrogen-bond donors (Lipinski definition) is 1. The predicted molar refractivity (Wildman–Crippen MR) is 82.0 cm³/mol. The first-order valence-corrected chi connectivity index (χ1v) is 7.16. The Labute approximate surface area is 132 Å². The summed E-state index contributed by atoms with van der Waals surface area (Å²) < 4.78 is 1.55. The summed E-state index contributed by atoms with van der Waals surface area (Å²) in [5.74, 6) is -1.08. The van der Waals surface area contributed by atoms with Crippen molar-refractivity contribution in [3.05, 3.63) is 50.8 Å². The molecule has 8 heteroatoms. The first kappa shape index (κ1) is 15.2. The van der Waals surface area contributed by atoms with Crippen molar-refractivity contribution in [1.29, 1.82) is 0 Å². The minimum atomic E-state index is -1.08. The van der Waals surface area contributed by atoms with Crippen molar-refractivity contribution < 1.29 is 14.8 Å². The van der Waals surface area contributed by atoms with Gasteiger partial charge in [0.15, 0.2) is 5.69 Å². The van der Waals surface area contributed by atoms with E-state index in [9.17, 15) is 20.0 Å². The van der Waals surface area contributed by atoms with Gasteiger partial charge in [-0.15, -0.1) is 0 Å². The van der Waals surface area contributed by atoms with E-state index >= 15 is 0 Å². The van der Waals surface area contributed by atoms with Gasteiger partial charge in [0.25, 0.3) is 5.69 Å². The minimum Gasteiger partial charge on any atom is -0.476 e. The summed E-state index contributed by atoms with van der Waals surface area (Å²) in [4.78, 5) is 24.1. The highest BCUT2D eigenvalue weighted by Gasteiger charge is 2.28. The molecule has 0 unspecified atom stereocenters. The van der Waals surface area contributed by atoms with Gasteiger partial charge in [0.2, 0.25) is 0 Å². The Hall–Kier alpha value is -2.74. The number of likely N-dealkylation sites (N-methyl/N-ethyl adjacent to an activating group) is 1. The van der Waals surface area contributed by atoms with Crippen molar-refractivity contribution >= 4 is 11.7 Å². The van der Waals surface area contributed by atoms with Gasteiger partial charge in [0.1, 0.15) is 0 Å². The molecule has 2 aromatic rings. The fourth-order valence-corrected chi connectivity index (χ4v) is 2.86. The molecule has 8 nitrogen and oxygen atoms in total. The maximum Gasteiger partial charge on any atom is 0.356 e. The maximum absolute atomic E-state index is 11.5. The lowest BCUT2D eigenvalue weighted by molar-refractivity contribution is -0.384. The van der Waals surface area contributed by atoms with Gasteiger partial charge in [-0.2, -0.15) is 5.10 Å². The quantitative estimate of drug-likeness (QED) is 0.684. The predicted octanol–water partition coefficient (Wildman–Crippen LogP) is 1.78. The highest BCUT2D eigenvalue weighted by molar-refractivity contribution is 5.87. The number of aromatic carboxylic acids is 1. The Balaban J connectivity index is 2.21. The molecule has 0 radical (unpaired) electrons. The monoisotopic (exact) mass is 316 g/mol. The SMILES string of the molecule is Cc1ccc([N+](=O)[O-])cc1-n1nc(C(=O)O)c2c1CCN(C)C2. The van der Waals surface area contributed by atoms with Crippen LogP contribution in [0.1, 0.15) is 27.3 Å². The smallest absolute Gasteiger partial charge is 0.356 e. The van der Waals surface area contributed by atoms with Crippen LogP contribution in [-0.2, 0) is 13.0 Å². The molecule has 0 aliphatic carbocycles. The van der Waals surface area contributed by atoms with Crippen LogP contribution in [0.25, 0.3) is 5.69 Å². The van der Waals surface area contributed by atoms with Crippen LogP contribution in [0.3, 0.4) is 0 Å². The summed E-state index contributed by atoms with van der Waals surface area (Å²) in [6.45, 7) is 3.11. The standard InChI is InChI=1S/C15H16N4O4/c1-9-3-4-10(19(22)23)7-13(9)18-12-5-6-17(2)8-11(12)14(16-18)15(20)21/h3-4,7H,5-6,8H2,1-2H3,(H,20,21). The molecule has 1 aromatic heterocycles. The molecule has 0 bridgehead atoms. The number of carbonyl (C=O) groups is 1. The second-order valence-corrected chi connectivity index (χ2v) is 5.71. The number of nitrogens with zero attached hydrogens (tertiary/aromatic N) is 4. The average Bonchev–Trinajstić information content (AvgIpc) is 2.86. The molecule has 120 valence electrons. The highest BCUT2D eigenvalue weighted by Crippen LogP contribution is 2.28. The number of rotatable bonds is 3. The molecule has 0 fully saturated rings. The van der Waals surface area contributed by atoms with E-state index in [4.69, 9.17) is 0 Å². The first-order chi connectivity index (χ1) is 10.9. The molecule has 1 N–H and O–H groups in total. The Morgan fingerprint density at radius 3 is 2.83 bits per heavy atom. The molecule has 1 aromatic carbocycles. The van der Waals surface area contributed by atoms with Crippen molar-refractivity contribution in [2.24, 2.45) is 0 Å². The van der Waals surface area contributed by atoms with Gasteiger partial charge in [-0.25, -0.2) is 9.48 Å². The van der Waals surface area contributed by atoms with Crippen LogP contribution in [0, 0.1) is 17.0 Å². The Kier molecular flexibility index (Phi) is 3.61. The molecule has 0 atom stereocenters. The summed E-state index contributed by atoms with van der Waals surface area (Å²) in [5.41, 5.74) is 2.81. The molecule has 0 amide bonds. The van der Waals surface area contributed by atoms with Crippen LogP contribution in [0.4, 0.5) is 5.69 Å². The van der Waals surface area contributed by atoms with E-state index in [1.54, 1.807) is 10.7 Å². The molecule has 0 spiro atoms. The van der Waals surface area contributed by atoms with Crippen LogP contribution in [0.2, 0.25) is 0 Å². The van der Waals surface area contributed by atoms with Gasteiger partial charge < -0.3 is 10.0 Å². The number of carboxylic acid groups (broad SMARTS) is 1. The molecular formula is C15H16N4O4. The average molecular weight is 316 g/mol. The topological polar surface area (TPSA) is 102 Å². The van der Waals surface area contributed by atoms with Crippen molar-refractivity contribution in [1.82, 2.24) is 14.7 Å². The fraction of sp³-hybridized carbons (Fsp3) is 0.333. The lowest BCUT2D eigenvalue weighted by Gasteiger charge is -2.23. The number of fused-ring (bicyclic) bond motifs is 1. The van der Waals surface area contributed by atoms with Gasteiger partial charge in [0, 0.05) is 37.2 Å². The normalized spacial score (nSPS) is 14.5. The third kappa shape index (κ3) is 2.57. The van der Waals surface area contributed by atoms with Gasteiger partial charge in [-0.1, -0.05) is 6.07 Å². The van der Waals surface area contributed by atoms with E-state index in [0.29, 0.717) is 24.2 Å². The van der Waals surface area contributed by atoms with Crippen molar-refractivity contribution in [2.75, 3.05) is 13.6 Å².